The lowest BCUT2D eigenvalue weighted by molar-refractivity contribution is -0.0875. The average Bonchev–Trinajstić information content (AvgIpc) is 2.76. The van der Waals surface area contributed by atoms with Gasteiger partial charge in [0.25, 0.3) is 0 Å². The molecule has 1 saturated heterocycles. The van der Waals surface area contributed by atoms with Crippen molar-refractivity contribution in [3.63, 3.8) is 0 Å². The van der Waals surface area contributed by atoms with Crippen LogP contribution in [0.15, 0.2) is 34.9 Å². The van der Waals surface area contributed by atoms with Crippen molar-refractivity contribution in [2.24, 2.45) is 0 Å². The van der Waals surface area contributed by atoms with E-state index >= 15 is 0 Å². The van der Waals surface area contributed by atoms with Crippen LogP contribution in [0, 0.1) is 6.92 Å². The lowest BCUT2D eigenvalue weighted by atomic mass is 9.97. The maximum Gasteiger partial charge on any atom is 0.226 e. The van der Waals surface area contributed by atoms with E-state index in [0.717, 1.165) is 17.8 Å². The molecule has 1 aliphatic rings. The number of β-amino-alcohol motifs (C(OH)–C–C–N with tert-alkyl or cyclic N) is 1. The topological polar surface area (TPSA) is 49.5 Å². The fourth-order valence-corrected chi connectivity index (χ4v) is 2.47. The van der Waals surface area contributed by atoms with E-state index in [9.17, 15) is 5.11 Å². The minimum atomic E-state index is -0.538. The zero-order valence-electron chi connectivity index (χ0n) is 11.3. The molecule has 4 nitrogen and oxygen atoms in total. The van der Waals surface area contributed by atoms with Crippen molar-refractivity contribution in [3.8, 4) is 11.5 Å². The van der Waals surface area contributed by atoms with Crippen LogP contribution in [-0.4, -0.2) is 33.7 Å². The average molecular weight is 258 g/mol. The van der Waals surface area contributed by atoms with Crippen LogP contribution < -0.4 is 0 Å². The molecule has 0 aliphatic carbocycles. The van der Waals surface area contributed by atoms with Crippen LogP contribution in [-0.2, 0) is 6.54 Å². The largest absolute Gasteiger partial charge is 0.444 e. The molecule has 1 aromatic heterocycles. The van der Waals surface area contributed by atoms with Gasteiger partial charge in [0.1, 0.15) is 6.26 Å². The van der Waals surface area contributed by atoms with Crippen LogP contribution >= 0.6 is 0 Å². The molecule has 2 heterocycles. The summed E-state index contributed by atoms with van der Waals surface area (Å²) in [5.41, 5.74) is 2.58. The maximum atomic E-state index is 9.69. The van der Waals surface area contributed by atoms with E-state index in [-0.39, 0.29) is 0 Å². The molecule has 3 rings (SSSR count). The summed E-state index contributed by atoms with van der Waals surface area (Å²) in [6.45, 7) is 6.02. The Morgan fingerprint density at radius 1 is 1.32 bits per heavy atom. The standard InChI is InChI=1S/C15H18N2O2/c1-11-3-5-12(6-4-11)14-16-13(8-19-14)7-17-9-15(2,18)10-17/h3-6,8,18H,7,9-10H2,1-2H3. The first-order valence-corrected chi connectivity index (χ1v) is 6.48. The van der Waals surface area contributed by atoms with Crippen LogP contribution in [0.1, 0.15) is 18.2 Å². The number of aryl methyl sites for hydroxylation is 1. The summed E-state index contributed by atoms with van der Waals surface area (Å²) in [6, 6.07) is 8.12. The SMILES string of the molecule is Cc1ccc(-c2nc(CN3CC(C)(O)C3)co2)cc1. The van der Waals surface area contributed by atoms with Gasteiger partial charge in [0, 0.05) is 25.2 Å². The van der Waals surface area contributed by atoms with E-state index in [4.69, 9.17) is 4.42 Å². The minimum Gasteiger partial charge on any atom is -0.444 e. The van der Waals surface area contributed by atoms with Crippen molar-refractivity contribution in [2.75, 3.05) is 13.1 Å². The molecule has 0 saturated carbocycles. The van der Waals surface area contributed by atoms with Gasteiger partial charge in [-0.25, -0.2) is 4.98 Å². The van der Waals surface area contributed by atoms with Gasteiger partial charge in [-0.1, -0.05) is 17.7 Å². The normalized spacial score (nSPS) is 18.3. The minimum absolute atomic E-state index is 0.538. The summed E-state index contributed by atoms with van der Waals surface area (Å²) < 4.78 is 5.51. The maximum absolute atomic E-state index is 9.69. The van der Waals surface area contributed by atoms with Gasteiger partial charge in [0.2, 0.25) is 5.89 Å². The molecule has 0 atom stereocenters. The summed E-state index contributed by atoms with van der Waals surface area (Å²) in [4.78, 5) is 6.64. The quantitative estimate of drug-likeness (QED) is 0.917. The van der Waals surface area contributed by atoms with Gasteiger partial charge in [-0.3, -0.25) is 4.90 Å². The van der Waals surface area contributed by atoms with Gasteiger partial charge in [-0.05, 0) is 26.0 Å². The van der Waals surface area contributed by atoms with E-state index in [0.29, 0.717) is 19.0 Å². The highest BCUT2D eigenvalue weighted by Gasteiger charge is 2.36. The molecule has 1 N–H and O–H groups in total. The fourth-order valence-electron chi connectivity index (χ4n) is 2.47. The van der Waals surface area contributed by atoms with Gasteiger partial charge < -0.3 is 9.52 Å². The van der Waals surface area contributed by atoms with Crippen LogP contribution in [0.5, 0.6) is 0 Å². The van der Waals surface area contributed by atoms with Crippen LogP contribution in [0.3, 0.4) is 0 Å². The van der Waals surface area contributed by atoms with Crippen molar-refractivity contribution < 1.29 is 9.52 Å². The predicted octanol–water partition coefficient (Wildman–Crippen LogP) is 2.22. The Bertz CT molecular complexity index is 564. The van der Waals surface area contributed by atoms with E-state index in [2.05, 4.69) is 16.8 Å². The summed E-state index contributed by atoms with van der Waals surface area (Å²) in [5.74, 6) is 0.655. The van der Waals surface area contributed by atoms with Crippen LogP contribution in [0.2, 0.25) is 0 Å². The Morgan fingerprint density at radius 3 is 2.63 bits per heavy atom. The number of likely N-dealkylation sites (tertiary alicyclic amines) is 1. The first kappa shape index (κ1) is 12.4. The Hall–Kier alpha value is -1.65. The molecule has 0 amide bonds. The van der Waals surface area contributed by atoms with Gasteiger partial charge >= 0.3 is 0 Å². The molecular weight excluding hydrogens is 240 g/mol. The Kier molecular flexibility index (Phi) is 2.92. The Balaban J connectivity index is 1.68. The van der Waals surface area contributed by atoms with E-state index in [1.54, 1.807) is 6.26 Å². The van der Waals surface area contributed by atoms with Crippen molar-refractivity contribution >= 4 is 0 Å². The lowest BCUT2D eigenvalue weighted by Crippen LogP contribution is -2.59. The van der Waals surface area contributed by atoms with Crippen molar-refractivity contribution in [2.45, 2.75) is 26.0 Å². The number of rotatable bonds is 3. The number of aliphatic hydroxyl groups is 1. The number of benzene rings is 1. The fraction of sp³-hybridized carbons (Fsp3) is 0.400. The number of aromatic nitrogens is 1. The molecule has 0 bridgehead atoms. The summed E-state index contributed by atoms with van der Waals surface area (Å²) in [6.07, 6.45) is 1.70. The van der Waals surface area contributed by atoms with Crippen LogP contribution in [0.25, 0.3) is 11.5 Å². The molecule has 1 fully saturated rings. The van der Waals surface area contributed by atoms with E-state index < -0.39 is 5.60 Å². The third kappa shape index (κ3) is 2.69. The third-order valence-corrected chi connectivity index (χ3v) is 3.36. The third-order valence-electron chi connectivity index (χ3n) is 3.36. The second kappa shape index (κ2) is 4.47. The van der Waals surface area contributed by atoms with Crippen molar-refractivity contribution in [1.29, 1.82) is 0 Å². The van der Waals surface area contributed by atoms with Gasteiger partial charge in [-0.15, -0.1) is 0 Å². The van der Waals surface area contributed by atoms with E-state index in [1.807, 2.05) is 31.2 Å². The molecule has 1 aromatic carbocycles. The molecule has 0 spiro atoms. The smallest absolute Gasteiger partial charge is 0.226 e. The molecule has 2 aromatic rings. The van der Waals surface area contributed by atoms with Gasteiger partial charge in [0.05, 0.1) is 11.3 Å². The molecular formula is C15H18N2O2. The van der Waals surface area contributed by atoms with Gasteiger partial charge in [0.15, 0.2) is 0 Å². The molecule has 100 valence electrons. The number of nitrogens with zero attached hydrogens (tertiary/aromatic N) is 2. The monoisotopic (exact) mass is 258 g/mol. The second-order valence-electron chi connectivity index (χ2n) is 5.65. The molecule has 1 aliphatic heterocycles. The van der Waals surface area contributed by atoms with Crippen molar-refractivity contribution in [1.82, 2.24) is 9.88 Å². The second-order valence-corrected chi connectivity index (χ2v) is 5.65. The highest BCUT2D eigenvalue weighted by atomic mass is 16.3. The van der Waals surface area contributed by atoms with Gasteiger partial charge in [-0.2, -0.15) is 0 Å². The van der Waals surface area contributed by atoms with Crippen molar-refractivity contribution in [3.05, 3.63) is 41.8 Å². The molecule has 0 radical (unpaired) electrons. The first-order chi connectivity index (χ1) is 9.02. The number of hydrogen-bond donors (Lipinski definition) is 1. The summed E-state index contributed by atoms with van der Waals surface area (Å²) >= 11 is 0. The lowest BCUT2D eigenvalue weighted by Gasteiger charge is -2.43. The molecule has 0 unspecified atom stereocenters. The first-order valence-electron chi connectivity index (χ1n) is 6.48. The highest BCUT2D eigenvalue weighted by Crippen LogP contribution is 2.24. The van der Waals surface area contributed by atoms with E-state index in [1.165, 1.54) is 5.56 Å². The Labute approximate surface area is 112 Å². The summed E-state index contributed by atoms with van der Waals surface area (Å²) in [5, 5.41) is 9.69. The molecule has 4 heteroatoms. The highest BCUT2D eigenvalue weighted by molar-refractivity contribution is 5.53. The molecule has 19 heavy (non-hydrogen) atoms. The summed E-state index contributed by atoms with van der Waals surface area (Å²) in [7, 11) is 0. The zero-order valence-corrected chi connectivity index (χ0v) is 11.3. The zero-order chi connectivity index (χ0) is 13.5. The number of hydrogen-bond acceptors (Lipinski definition) is 4. The predicted molar refractivity (Wildman–Crippen MR) is 72.6 cm³/mol. The number of oxazole rings is 1. The Morgan fingerprint density at radius 2 is 2.00 bits per heavy atom. The van der Waals surface area contributed by atoms with Crippen LogP contribution in [0.4, 0.5) is 0 Å².